The predicted molar refractivity (Wildman–Crippen MR) is 78.2 cm³/mol. The highest BCUT2D eigenvalue weighted by atomic mass is 16.3. The summed E-state index contributed by atoms with van der Waals surface area (Å²) in [5, 5.41) is 10.3. The van der Waals surface area contributed by atoms with Gasteiger partial charge in [-0.15, -0.1) is 0 Å². The Kier molecular flexibility index (Phi) is 3.51. The summed E-state index contributed by atoms with van der Waals surface area (Å²) in [6.07, 6.45) is 1.51. The zero-order valence-corrected chi connectivity index (χ0v) is 11.8. The molecule has 0 spiro atoms. The molecule has 5 nitrogen and oxygen atoms in total. The maximum Gasteiger partial charge on any atom is 0.289 e. The van der Waals surface area contributed by atoms with Gasteiger partial charge in [0.1, 0.15) is 5.58 Å². The molecule has 3 rings (SSSR count). The van der Waals surface area contributed by atoms with E-state index in [0.29, 0.717) is 16.9 Å². The normalized spacial score (nSPS) is 15.9. The standard InChI is InChI=1S/C16H17NO4/c1-17(9-13(19)10-6-7-10)16(20)15-8-12(18)11-4-2-3-5-14(11)21-15/h2-5,8,10,13,19H,6-7,9H2,1H3. The Bertz CT molecular complexity index is 732. The van der Waals surface area contributed by atoms with Crippen LogP contribution in [0.3, 0.4) is 0 Å². The minimum atomic E-state index is -0.508. The van der Waals surface area contributed by atoms with Crippen molar-refractivity contribution in [2.45, 2.75) is 18.9 Å². The summed E-state index contributed by atoms with van der Waals surface area (Å²) in [5.74, 6) is -0.0920. The summed E-state index contributed by atoms with van der Waals surface area (Å²) in [5.41, 5.74) is 0.154. The highest BCUT2D eigenvalue weighted by Crippen LogP contribution is 2.32. The van der Waals surface area contributed by atoms with Gasteiger partial charge in [0.2, 0.25) is 0 Å². The number of likely N-dealkylation sites (N-methyl/N-ethyl adjacent to an activating group) is 1. The summed E-state index contributed by atoms with van der Waals surface area (Å²) in [6, 6.07) is 8.03. The molecule has 1 heterocycles. The van der Waals surface area contributed by atoms with Gasteiger partial charge in [-0.3, -0.25) is 9.59 Å². The summed E-state index contributed by atoms with van der Waals surface area (Å²) in [6.45, 7) is 0.250. The van der Waals surface area contributed by atoms with Crippen molar-refractivity contribution in [1.29, 1.82) is 0 Å². The first kappa shape index (κ1) is 13.8. The molecule has 1 fully saturated rings. The molecule has 1 aliphatic rings. The molecule has 110 valence electrons. The lowest BCUT2D eigenvalue weighted by molar-refractivity contribution is 0.0618. The molecule has 1 atom stereocenters. The average molecular weight is 287 g/mol. The second kappa shape index (κ2) is 5.33. The number of fused-ring (bicyclic) bond motifs is 1. The number of nitrogens with zero attached hydrogens (tertiary/aromatic N) is 1. The van der Waals surface area contributed by atoms with Crippen molar-refractivity contribution in [1.82, 2.24) is 4.90 Å². The van der Waals surface area contributed by atoms with Crippen LogP contribution in [0.2, 0.25) is 0 Å². The molecule has 0 radical (unpaired) electrons. The number of aliphatic hydroxyl groups is 1. The summed E-state index contributed by atoms with van der Waals surface area (Å²) < 4.78 is 5.51. The Balaban J connectivity index is 1.85. The molecule has 1 aromatic carbocycles. The van der Waals surface area contributed by atoms with Crippen LogP contribution in [0.4, 0.5) is 0 Å². The highest BCUT2D eigenvalue weighted by molar-refractivity contribution is 5.93. The number of aliphatic hydroxyl groups excluding tert-OH is 1. The van der Waals surface area contributed by atoms with Crippen LogP contribution in [0.1, 0.15) is 23.4 Å². The average Bonchev–Trinajstić information content (AvgIpc) is 3.31. The van der Waals surface area contributed by atoms with E-state index in [2.05, 4.69) is 0 Å². The third kappa shape index (κ3) is 2.83. The second-order valence-electron chi connectivity index (χ2n) is 5.56. The van der Waals surface area contributed by atoms with E-state index < -0.39 is 12.0 Å². The van der Waals surface area contributed by atoms with E-state index in [1.807, 2.05) is 0 Å². The molecule has 0 aliphatic heterocycles. The van der Waals surface area contributed by atoms with Crippen molar-refractivity contribution in [3.05, 3.63) is 46.3 Å². The van der Waals surface area contributed by atoms with Gasteiger partial charge in [0.05, 0.1) is 11.5 Å². The van der Waals surface area contributed by atoms with E-state index in [0.717, 1.165) is 12.8 Å². The number of amides is 1. The van der Waals surface area contributed by atoms with E-state index >= 15 is 0 Å². The van der Waals surface area contributed by atoms with Gasteiger partial charge in [-0.2, -0.15) is 0 Å². The van der Waals surface area contributed by atoms with Crippen LogP contribution < -0.4 is 5.43 Å². The van der Waals surface area contributed by atoms with E-state index in [9.17, 15) is 14.7 Å². The number of benzene rings is 1. The smallest absolute Gasteiger partial charge is 0.289 e. The Labute approximate surface area is 121 Å². The molecular weight excluding hydrogens is 270 g/mol. The summed E-state index contributed by atoms with van der Waals surface area (Å²) >= 11 is 0. The van der Waals surface area contributed by atoms with Crippen molar-refractivity contribution in [2.24, 2.45) is 5.92 Å². The SMILES string of the molecule is CN(CC(O)C1CC1)C(=O)c1cc(=O)c2ccccc2o1. The molecule has 1 aromatic heterocycles. The second-order valence-corrected chi connectivity index (χ2v) is 5.56. The lowest BCUT2D eigenvalue weighted by Crippen LogP contribution is -2.35. The van der Waals surface area contributed by atoms with Crippen LogP contribution in [-0.4, -0.2) is 35.6 Å². The molecule has 2 aromatic rings. The van der Waals surface area contributed by atoms with Crippen LogP contribution in [0, 0.1) is 5.92 Å². The summed E-state index contributed by atoms with van der Waals surface area (Å²) in [7, 11) is 1.60. The maximum atomic E-state index is 12.3. The summed E-state index contributed by atoms with van der Waals surface area (Å²) in [4.78, 5) is 25.7. The lowest BCUT2D eigenvalue weighted by atomic mass is 10.2. The fourth-order valence-corrected chi connectivity index (χ4v) is 2.39. The molecule has 0 saturated heterocycles. The Morgan fingerprint density at radius 1 is 1.43 bits per heavy atom. The van der Waals surface area contributed by atoms with E-state index in [-0.39, 0.29) is 17.7 Å². The fraction of sp³-hybridized carbons (Fsp3) is 0.375. The number of carbonyl (C=O) groups is 1. The highest BCUT2D eigenvalue weighted by Gasteiger charge is 2.31. The van der Waals surface area contributed by atoms with Gasteiger partial charge >= 0.3 is 0 Å². The maximum absolute atomic E-state index is 12.3. The zero-order valence-electron chi connectivity index (χ0n) is 11.8. The largest absolute Gasteiger partial charge is 0.451 e. The van der Waals surface area contributed by atoms with Crippen molar-refractivity contribution >= 4 is 16.9 Å². The first-order valence-corrected chi connectivity index (χ1v) is 7.02. The molecule has 1 N–H and O–H groups in total. The molecule has 5 heteroatoms. The third-order valence-electron chi connectivity index (χ3n) is 3.82. The van der Waals surface area contributed by atoms with Gasteiger partial charge in [-0.25, -0.2) is 0 Å². The molecule has 1 aliphatic carbocycles. The zero-order chi connectivity index (χ0) is 15.0. The van der Waals surface area contributed by atoms with Gasteiger partial charge in [0, 0.05) is 19.7 Å². The molecular formula is C16H17NO4. The number of hydrogen-bond acceptors (Lipinski definition) is 4. The first-order chi connectivity index (χ1) is 10.1. The number of carbonyl (C=O) groups excluding carboxylic acids is 1. The minimum Gasteiger partial charge on any atom is -0.451 e. The fourth-order valence-electron chi connectivity index (χ4n) is 2.39. The van der Waals surface area contributed by atoms with Crippen molar-refractivity contribution in [3.8, 4) is 0 Å². The lowest BCUT2D eigenvalue weighted by Gasteiger charge is -2.20. The molecule has 0 bridgehead atoms. The van der Waals surface area contributed by atoms with Gasteiger partial charge in [0.15, 0.2) is 11.2 Å². The van der Waals surface area contributed by atoms with Gasteiger partial charge in [0.25, 0.3) is 5.91 Å². The van der Waals surface area contributed by atoms with Gasteiger partial charge in [-0.05, 0) is 30.9 Å². The van der Waals surface area contributed by atoms with Crippen molar-refractivity contribution in [3.63, 3.8) is 0 Å². The Hall–Kier alpha value is -2.14. The van der Waals surface area contributed by atoms with E-state index in [1.165, 1.54) is 11.0 Å². The molecule has 1 saturated carbocycles. The number of hydrogen-bond donors (Lipinski definition) is 1. The minimum absolute atomic E-state index is 0.00389. The monoisotopic (exact) mass is 287 g/mol. The van der Waals surface area contributed by atoms with Crippen LogP contribution in [0.15, 0.2) is 39.5 Å². The Morgan fingerprint density at radius 3 is 2.86 bits per heavy atom. The molecule has 1 unspecified atom stereocenters. The third-order valence-corrected chi connectivity index (χ3v) is 3.82. The number of rotatable bonds is 4. The number of para-hydroxylation sites is 1. The van der Waals surface area contributed by atoms with Crippen LogP contribution in [0.5, 0.6) is 0 Å². The predicted octanol–water partition coefficient (Wildman–Crippen LogP) is 1.64. The van der Waals surface area contributed by atoms with E-state index in [4.69, 9.17) is 4.42 Å². The van der Waals surface area contributed by atoms with Crippen LogP contribution >= 0.6 is 0 Å². The van der Waals surface area contributed by atoms with Gasteiger partial charge < -0.3 is 14.4 Å². The quantitative estimate of drug-likeness (QED) is 0.928. The Morgan fingerprint density at radius 2 is 2.14 bits per heavy atom. The molecule has 21 heavy (non-hydrogen) atoms. The van der Waals surface area contributed by atoms with Crippen LogP contribution in [-0.2, 0) is 0 Å². The molecule has 1 amide bonds. The first-order valence-electron chi connectivity index (χ1n) is 7.02. The topological polar surface area (TPSA) is 70.8 Å². The van der Waals surface area contributed by atoms with Crippen molar-refractivity contribution < 1.29 is 14.3 Å². The van der Waals surface area contributed by atoms with E-state index in [1.54, 1.807) is 31.3 Å². The van der Waals surface area contributed by atoms with Crippen molar-refractivity contribution in [2.75, 3.05) is 13.6 Å². The van der Waals surface area contributed by atoms with Crippen LogP contribution in [0.25, 0.3) is 11.0 Å². The van der Waals surface area contributed by atoms with Gasteiger partial charge in [-0.1, -0.05) is 12.1 Å².